The molecular formula is C10H17NO6. The van der Waals surface area contributed by atoms with Gasteiger partial charge in [0, 0.05) is 0 Å². The topological polar surface area (TPSA) is 141 Å². The minimum atomic E-state index is -1.85. The van der Waals surface area contributed by atoms with Crippen molar-refractivity contribution in [3.05, 3.63) is 12.2 Å². The second-order valence-corrected chi connectivity index (χ2v) is 3.73. The largest absolute Gasteiger partial charge is 0.394 e. The van der Waals surface area contributed by atoms with Gasteiger partial charge in [-0.05, 0) is 12.5 Å². The predicted molar refractivity (Wildman–Crippen MR) is 57.9 cm³/mol. The Morgan fingerprint density at radius 1 is 1.24 bits per heavy atom. The first kappa shape index (κ1) is 15.9. The molecule has 98 valence electrons. The number of ketones is 2. The van der Waals surface area contributed by atoms with Gasteiger partial charge in [0.1, 0.15) is 24.4 Å². The summed E-state index contributed by atoms with van der Waals surface area (Å²) in [5.74, 6) is -2.07. The lowest BCUT2D eigenvalue weighted by atomic mass is 9.95. The van der Waals surface area contributed by atoms with Crippen LogP contribution in [0.25, 0.3) is 0 Å². The van der Waals surface area contributed by atoms with E-state index in [2.05, 4.69) is 6.58 Å². The van der Waals surface area contributed by atoms with E-state index in [0.29, 0.717) is 0 Å². The number of nitrogens with two attached hydrogens (primary N) is 1. The lowest BCUT2D eigenvalue weighted by Crippen LogP contribution is -2.54. The highest BCUT2D eigenvalue weighted by Crippen LogP contribution is 2.06. The van der Waals surface area contributed by atoms with E-state index in [1.165, 1.54) is 6.92 Å². The molecule has 0 unspecified atom stereocenters. The summed E-state index contributed by atoms with van der Waals surface area (Å²) in [6.45, 7) is 3.75. The maximum Gasteiger partial charge on any atom is 0.225 e. The van der Waals surface area contributed by atoms with E-state index in [-0.39, 0.29) is 5.57 Å². The van der Waals surface area contributed by atoms with Crippen LogP contribution in [-0.2, 0) is 9.59 Å². The summed E-state index contributed by atoms with van der Waals surface area (Å²) < 4.78 is 0. The van der Waals surface area contributed by atoms with Gasteiger partial charge >= 0.3 is 0 Å². The van der Waals surface area contributed by atoms with Gasteiger partial charge in [-0.3, -0.25) is 9.59 Å². The Kier molecular flexibility index (Phi) is 6.14. The highest BCUT2D eigenvalue weighted by Gasteiger charge is 2.35. The highest BCUT2D eigenvalue weighted by atomic mass is 16.4. The maximum atomic E-state index is 11.4. The van der Waals surface area contributed by atoms with Gasteiger partial charge in [-0.25, -0.2) is 0 Å². The molecular weight excluding hydrogens is 230 g/mol. The molecule has 6 N–H and O–H groups in total. The fourth-order valence-electron chi connectivity index (χ4n) is 1.06. The van der Waals surface area contributed by atoms with E-state index in [9.17, 15) is 19.8 Å². The molecule has 7 heteroatoms. The first-order valence-electron chi connectivity index (χ1n) is 4.88. The van der Waals surface area contributed by atoms with Crippen LogP contribution in [0.4, 0.5) is 0 Å². The van der Waals surface area contributed by atoms with E-state index < -0.39 is 42.5 Å². The fourth-order valence-corrected chi connectivity index (χ4v) is 1.06. The quantitative estimate of drug-likeness (QED) is 0.240. The summed E-state index contributed by atoms with van der Waals surface area (Å²) in [5.41, 5.74) is 5.23. The lowest BCUT2D eigenvalue weighted by molar-refractivity contribution is -0.140. The van der Waals surface area contributed by atoms with Gasteiger partial charge in [-0.2, -0.15) is 0 Å². The molecule has 0 aliphatic rings. The molecule has 0 rings (SSSR count). The number of rotatable bonds is 7. The van der Waals surface area contributed by atoms with Crippen LogP contribution in [0.2, 0.25) is 0 Å². The standard InChI is InChI=1S/C10H17NO6/c1-4(2)7(14)9(16)6(11)10(17)8(15)5(13)3-12/h5-6,8,10,12-13,15,17H,1,3,11H2,2H3/t5-,6+,8+,10-/m1/s1. The van der Waals surface area contributed by atoms with Crippen molar-refractivity contribution in [1.29, 1.82) is 0 Å². The van der Waals surface area contributed by atoms with Gasteiger partial charge in [0.05, 0.1) is 6.61 Å². The summed E-state index contributed by atoms with van der Waals surface area (Å²) in [4.78, 5) is 22.6. The molecule has 0 aliphatic carbocycles. The van der Waals surface area contributed by atoms with Crippen LogP contribution in [0.3, 0.4) is 0 Å². The molecule has 0 aliphatic heterocycles. The Labute approximate surface area is 98.2 Å². The number of allylic oxidation sites excluding steroid dienone is 1. The van der Waals surface area contributed by atoms with Crippen LogP contribution < -0.4 is 5.73 Å². The molecule has 0 fully saturated rings. The van der Waals surface area contributed by atoms with E-state index in [1.54, 1.807) is 0 Å². The van der Waals surface area contributed by atoms with Crippen LogP contribution in [0.1, 0.15) is 6.92 Å². The molecule has 0 saturated carbocycles. The minimum absolute atomic E-state index is 0.0464. The first-order chi connectivity index (χ1) is 7.73. The number of Topliss-reactive ketones (excluding diaryl/α,β-unsaturated/α-hetero) is 2. The van der Waals surface area contributed by atoms with Gasteiger partial charge in [0.25, 0.3) is 0 Å². The number of aliphatic hydroxyl groups is 4. The average Bonchev–Trinajstić information content (AvgIpc) is 2.32. The van der Waals surface area contributed by atoms with Crippen molar-refractivity contribution in [3.63, 3.8) is 0 Å². The third-order valence-electron chi connectivity index (χ3n) is 2.21. The molecule has 0 amide bonds. The Bertz CT molecular complexity index is 316. The van der Waals surface area contributed by atoms with E-state index in [4.69, 9.17) is 15.9 Å². The summed E-state index contributed by atoms with van der Waals surface area (Å²) in [5, 5.41) is 36.3. The highest BCUT2D eigenvalue weighted by molar-refractivity contribution is 6.45. The molecule has 0 heterocycles. The zero-order chi connectivity index (χ0) is 13.7. The fraction of sp³-hybridized carbons (Fsp3) is 0.600. The van der Waals surface area contributed by atoms with Gasteiger partial charge in [0.2, 0.25) is 11.6 Å². The zero-order valence-corrected chi connectivity index (χ0v) is 9.41. The van der Waals surface area contributed by atoms with Crippen molar-refractivity contribution in [1.82, 2.24) is 0 Å². The van der Waals surface area contributed by atoms with Gasteiger partial charge in [-0.1, -0.05) is 6.58 Å². The molecule has 0 aromatic heterocycles. The molecule has 0 aromatic rings. The third-order valence-corrected chi connectivity index (χ3v) is 2.21. The van der Waals surface area contributed by atoms with Crippen LogP contribution in [-0.4, -0.2) is 63.0 Å². The zero-order valence-electron chi connectivity index (χ0n) is 9.41. The SMILES string of the molecule is C=C(C)C(=O)C(=O)[C@H](N)[C@@H](O)[C@@H](O)[C@H](O)CO. The van der Waals surface area contributed by atoms with Crippen molar-refractivity contribution < 1.29 is 30.0 Å². The van der Waals surface area contributed by atoms with Crippen LogP contribution in [0, 0.1) is 0 Å². The predicted octanol–water partition coefficient (Wildman–Crippen LogP) is -2.90. The Morgan fingerprint density at radius 3 is 2.06 bits per heavy atom. The second-order valence-electron chi connectivity index (χ2n) is 3.73. The smallest absolute Gasteiger partial charge is 0.225 e. The summed E-state index contributed by atoms with van der Waals surface area (Å²) >= 11 is 0. The summed E-state index contributed by atoms with van der Waals surface area (Å²) in [6, 6.07) is -1.68. The molecule has 0 bridgehead atoms. The molecule has 0 aromatic carbocycles. The van der Waals surface area contributed by atoms with Gasteiger partial charge < -0.3 is 26.2 Å². The van der Waals surface area contributed by atoms with E-state index in [1.807, 2.05) is 0 Å². The normalized spacial score (nSPS) is 18.0. The number of carbonyl (C=O) groups is 2. The molecule has 0 spiro atoms. The second kappa shape index (κ2) is 6.58. The Morgan fingerprint density at radius 2 is 1.71 bits per heavy atom. The molecule has 4 atom stereocenters. The van der Waals surface area contributed by atoms with Gasteiger partial charge in [0.15, 0.2) is 0 Å². The molecule has 0 saturated heterocycles. The maximum absolute atomic E-state index is 11.4. The lowest BCUT2D eigenvalue weighted by Gasteiger charge is -2.25. The molecule has 0 radical (unpaired) electrons. The number of hydrogen-bond donors (Lipinski definition) is 5. The van der Waals surface area contributed by atoms with E-state index in [0.717, 1.165) is 0 Å². The monoisotopic (exact) mass is 247 g/mol. The number of hydrogen-bond acceptors (Lipinski definition) is 7. The van der Waals surface area contributed by atoms with Crippen LogP contribution in [0.5, 0.6) is 0 Å². The molecule has 17 heavy (non-hydrogen) atoms. The minimum Gasteiger partial charge on any atom is -0.394 e. The number of aliphatic hydroxyl groups excluding tert-OH is 4. The first-order valence-corrected chi connectivity index (χ1v) is 4.88. The Hall–Kier alpha value is -1.12. The van der Waals surface area contributed by atoms with Crippen molar-refractivity contribution in [2.75, 3.05) is 6.61 Å². The summed E-state index contributed by atoms with van der Waals surface area (Å²) in [7, 11) is 0. The Balaban J connectivity index is 4.70. The van der Waals surface area contributed by atoms with Crippen LogP contribution in [0.15, 0.2) is 12.2 Å². The number of carbonyl (C=O) groups excluding carboxylic acids is 2. The van der Waals surface area contributed by atoms with Crippen molar-refractivity contribution in [2.45, 2.75) is 31.3 Å². The molecule has 7 nitrogen and oxygen atoms in total. The van der Waals surface area contributed by atoms with E-state index >= 15 is 0 Å². The van der Waals surface area contributed by atoms with Crippen molar-refractivity contribution >= 4 is 11.6 Å². The third kappa shape index (κ3) is 3.99. The van der Waals surface area contributed by atoms with Crippen molar-refractivity contribution in [3.8, 4) is 0 Å². The summed E-state index contributed by atoms with van der Waals surface area (Å²) in [6.07, 6.45) is -5.33. The van der Waals surface area contributed by atoms with Crippen LogP contribution >= 0.6 is 0 Å². The van der Waals surface area contributed by atoms with Gasteiger partial charge in [-0.15, -0.1) is 0 Å². The average molecular weight is 247 g/mol. The van der Waals surface area contributed by atoms with Crippen molar-refractivity contribution in [2.24, 2.45) is 5.73 Å².